The molecule has 9 nitrogen and oxygen atoms in total. The second-order valence-corrected chi connectivity index (χ2v) is 7.29. The van der Waals surface area contributed by atoms with E-state index < -0.39 is 23.5 Å². The van der Waals surface area contributed by atoms with Gasteiger partial charge in [0, 0.05) is 31.1 Å². The number of hydrogen-bond acceptors (Lipinski definition) is 6. The van der Waals surface area contributed by atoms with E-state index in [2.05, 4.69) is 20.4 Å². The molecule has 0 aliphatic rings. The number of imide groups is 1. The lowest BCUT2D eigenvalue weighted by Gasteiger charge is -2.25. The number of nitrogens with one attached hydrogen (secondary N) is 2. The van der Waals surface area contributed by atoms with Crippen LogP contribution in [-0.2, 0) is 11.8 Å². The summed E-state index contributed by atoms with van der Waals surface area (Å²) in [6.45, 7) is 1.36. The third-order valence-electron chi connectivity index (χ3n) is 4.45. The fourth-order valence-corrected chi connectivity index (χ4v) is 2.37. The zero-order chi connectivity index (χ0) is 23.5. The number of aromatic nitrogens is 4. The third-order valence-corrected chi connectivity index (χ3v) is 4.45. The van der Waals surface area contributed by atoms with Gasteiger partial charge in [-0.2, -0.15) is 18.3 Å². The standard InChI is InChI=1S/C20H19F3N6O3/c1-19(2,20(21,22)23)17(30)28-18(31)27-16-5-4-14(10-25-16)32-13-6-7-24-15(8-13)12-9-26-29(3)11-12/h4-11H,1-3H3,(H2,25,27,28,30,31). The number of alkyl halides is 3. The zero-order valence-electron chi connectivity index (χ0n) is 17.3. The topological polar surface area (TPSA) is 111 Å². The first-order valence-corrected chi connectivity index (χ1v) is 9.24. The Hall–Kier alpha value is -3.96. The summed E-state index contributed by atoms with van der Waals surface area (Å²) in [6, 6.07) is 5.09. The van der Waals surface area contributed by atoms with Crippen molar-refractivity contribution in [2.75, 3.05) is 5.32 Å². The van der Waals surface area contributed by atoms with Gasteiger partial charge in [0.15, 0.2) is 0 Å². The van der Waals surface area contributed by atoms with E-state index in [1.54, 1.807) is 47.8 Å². The maximum absolute atomic E-state index is 12.9. The molecule has 3 amide bonds. The molecule has 0 saturated heterocycles. The van der Waals surface area contributed by atoms with Crippen LogP contribution in [0, 0.1) is 5.41 Å². The van der Waals surface area contributed by atoms with Gasteiger partial charge in [0.05, 0.1) is 18.1 Å². The molecule has 12 heteroatoms. The van der Waals surface area contributed by atoms with Crippen LogP contribution < -0.4 is 15.4 Å². The molecule has 2 N–H and O–H groups in total. The minimum absolute atomic E-state index is 0.0123. The highest BCUT2D eigenvalue weighted by atomic mass is 19.4. The van der Waals surface area contributed by atoms with Crippen LogP contribution in [0.2, 0.25) is 0 Å². The summed E-state index contributed by atoms with van der Waals surface area (Å²) in [6.07, 6.45) is 1.55. The Morgan fingerprint density at radius 1 is 1.06 bits per heavy atom. The van der Waals surface area contributed by atoms with E-state index >= 15 is 0 Å². The summed E-state index contributed by atoms with van der Waals surface area (Å²) in [5.74, 6) is -0.643. The molecule has 3 heterocycles. The maximum atomic E-state index is 12.9. The lowest BCUT2D eigenvalue weighted by Crippen LogP contribution is -2.49. The van der Waals surface area contributed by atoms with Gasteiger partial charge >= 0.3 is 12.2 Å². The Morgan fingerprint density at radius 3 is 2.41 bits per heavy atom. The molecule has 0 bridgehead atoms. The molecule has 0 atom stereocenters. The highest BCUT2D eigenvalue weighted by molar-refractivity contribution is 6.02. The minimum Gasteiger partial charge on any atom is -0.456 e. The van der Waals surface area contributed by atoms with Crippen LogP contribution in [-0.4, -0.2) is 37.9 Å². The number of rotatable bonds is 5. The molecule has 0 aromatic carbocycles. The van der Waals surface area contributed by atoms with Crippen molar-refractivity contribution in [3.8, 4) is 22.8 Å². The van der Waals surface area contributed by atoms with Crippen molar-refractivity contribution in [1.82, 2.24) is 25.1 Å². The first-order chi connectivity index (χ1) is 15.0. The average molecular weight is 448 g/mol. The molecule has 3 rings (SSSR count). The first-order valence-electron chi connectivity index (χ1n) is 9.24. The van der Waals surface area contributed by atoms with Crippen molar-refractivity contribution in [2.24, 2.45) is 12.5 Å². The normalized spacial score (nSPS) is 11.7. The molecule has 3 aromatic rings. The zero-order valence-corrected chi connectivity index (χ0v) is 17.3. The Bertz CT molecular complexity index is 1130. The van der Waals surface area contributed by atoms with Gasteiger partial charge in [-0.1, -0.05) is 0 Å². The van der Waals surface area contributed by atoms with Crippen molar-refractivity contribution >= 4 is 17.8 Å². The molecule has 0 fully saturated rings. The van der Waals surface area contributed by atoms with Crippen LogP contribution in [0.25, 0.3) is 11.3 Å². The number of carbonyl (C=O) groups is 2. The number of aryl methyl sites for hydroxylation is 1. The Morgan fingerprint density at radius 2 is 1.81 bits per heavy atom. The lowest BCUT2D eigenvalue weighted by atomic mass is 9.92. The summed E-state index contributed by atoms with van der Waals surface area (Å²) in [4.78, 5) is 31.8. The van der Waals surface area contributed by atoms with Crippen LogP contribution in [0.4, 0.5) is 23.8 Å². The molecule has 3 aromatic heterocycles. The highest BCUT2D eigenvalue weighted by Gasteiger charge is 2.53. The molecule has 0 saturated carbocycles. The van der Waals surface area contributed by atoms with E-state index in [4.69, 9.17) is 4.74 Å². The third kappa shape index (κ3) is 5.20. The van der Waals surface area contributed by atoms with E-state index in [-0.39, 0.29) is 5.82 Å². The number of hydrogen-bond donors (Lipinski definition) is 2. The molecule has 0 aliphatic carbocycles. The van der Waals surface area contributed by atoms with Gasteiger partial charge in [0.25, 0.3) is 0 Å². The SMILES string of the molecule is Cn1cc(-c2cc(Oc3ccc(NC(=O)NC(=O)C(C)(C)C(F)(F)F)nc3)ccn2)cn1. The summed E-state index contributed by atoms with van der Waals surface area (Å²) in [7, 11) is 1.79. The molecule has 168 valence electrons. The molecule has 0 aliphatic heterocycles. The number of carbonyl (C=O) groups excluding carboxylic acids is 2. The summed E-state index contributed by atoms with van der Waals surface area (Å²) >= 11 is 0. The number of halogens is 3. The molecular formula is C20H19F3N6O3. The summed E-state index contributed by atoms with van der Waals surface area (Å²) < 4.78 is 46.0. The monoisotopic (exact) mass is 448 g/mol. The molecule has 0 radical (unpaired) electrons. The number of amides is 3. The quantitative estimate of drug-likeness (QED) is 0.612. The van der Waals surface area contributed by atoms with Crippen molar-refractivity contribution < 1.29 is 27.5 Å². The van der Waals surface area contributed by atoms with E-state index in [1.807, 2.05) is 0 Å². The Kier molecular flexibility index (Phi) is 6.14. The van der Waals surface area contributed by atoms with Crippen LogP contribution in [0.1, 0.15) is 13.8 Å². The molecule has 0 spiro atoms. The van der Waals surface area contributed by atoms with Gasteiger partial charge in [-0.25, -0.2) is 9.78 Å². The van der Waals surface area contributed by atoms with Gasteiger partial charge < -0.3 is 4.74 Å². The number of pyridine rings is 2. The van der Waals surface area contributed by atoms with Gasteiger partial charge in [-0.3, -0.25) is 25.1 Å². The van der Waals surface area contributed by atoms with Crippen molar-refractivity contribution in [2.45, 2.75) is 20.0 Å². The predicted molar refractivity (Wildman–Crippen MR) is 108 cm³/mol. The Balaban J connectivity index is 1.61. The van der Waals surface area contributed by atoms with E-state index in [1.165, 1.54) is 18.3 Å². The van der Waals surface area contributed by atoms with Crippen molar-refractivity contribution in [1.29, 1.82) is 0 Å². The van der Waals surface area contributed by atoms with E-state index in [9.17, 15) is 22.8 Å². The van der Waals surface area contributed by atoms with Crippen molar-refractivity contribution in [3.05, 3.63) is 49.1 Å². The van der Waals surface area contributed by atoms with Crippen LogP contribution >= 0.6 is 0 Å². The van der Waals surface area contributed by atoms with Crippen LogP contribution in [0.3, 0.4) is 0 Å². The number of ether oxygens (including phenoxy) is 1. The summed E-state index contributed by atoms with van der Waals surface area (Å²) in [5.41, 5.74) is -1.26. The van der Waals surface area contributed by atoms with E-state index in [0.717, 1.165) is 5.56 Å². The first kappa shape index (κ1) is 22.7. The molecule has 32 heavy (non-hydrogen) atoms. The largest absolute Gasteiger partial charge is 0.456 e. The smallest absolute Gasteiger partial charge is 0.402 e. The second-order valence-electron chi connectivity index (χ2n) is 7.29. The predicted octanol–water partition coefficient (Wildman–Crippen LogP) is 3.91. The van der Waals surface area contributed by atoms with E-state index in [0.29, 0.717) is 31.0 Å². The molecule has 0 unspecified atom stereocenters. The minimum atomic E-state index is -4.81. The van der Waals surface area contributed by atoms with Gasteiger partial charge in [0.1, 0.15) is 22.7 Å². The number of nitrogens with zero attached hydrogens (tertiary/aromatic N) is 4. The fraction of sp³-hybridized carbons (Fsp3) is 0.250. The molecular weight excluding hydrogens is 429 g/mol. The van der Waals surface area contributed by atoms with Gasteiger partial charge in [0.2, 0.25) is 5.91 Å². The van der Waals surface area contributed by atoms with Gasteiger partial charge in [-0.05, 0) is 32.0 Å². The Labute approximate surface area is 180 Å². The second kappa shape index (κ2) is 8.65. The fourth-order valence-electron chi connectivity index (χ4n) is 2.37. The number of urea groups is 1. The van der Waals surface area contributed by atoms with Crippen LogP contribution in [0.5, 0.6) is 11.5 Å². The maximum Gasteiger partial charge on any atom is 0.402 e. The summed E-state index contributed by atoms with van der Waals surface area (Å²) in [5, 5.41) is 7.95. The highest BCUT2D eigenvalue weighted by Crippen LogP contribution is 2.37. The lowest BCUT2D eigenvalue weighted by molar-refractivity contribution is -0.210. The average Bonchev–Trinajstić information content (AvgIpc) is 3.15. The number of anilines is 1. The van der Waals surface area contributed by atoms with Crippen LogP contribution in [0.15, 0.2) is 49.1 Å². The van der Waals surface area contributed by atoms with Gasteiger partial charge in [-0.15, -0.1) is 0 Å². The van der Waals surface area contributed by atoms with Crippen molar-refractivity contribution in [3.63, 3.8) is 0 Å².